The van der Waals surface area contributed by atoms with Crippen LogP contribution in [0.2, 0.25) is 5.02 Å². The molecular weight excluding hydrogens is 374 g/mol. The zero-order valence-electron chi connectivity index (χ0n) is 15.5. The van der Waals surface area contributed by atoms with Crippen molar-refractivity contribution >= 4 is 17.7 Å². The van der Waals surface area contributed by atoms with E-state index < -0.39 is 12.8 Å². The zero-order valence-corrected chi connectivity index (χ0v) is 16.3. The number of rotatable bonds is 5. The molecule has 4 nitrogen and oxygen atoms in total. The molecule has 2 aliphatic rings. The van der Waals surface area contributed by atoms with Gasteiger partial charge < -0.3 is 9.64 Å². The first-order valence-electron chi connectivity index (χ1n) is 9.74. The summed E-state index contributed by atoms with van der Waals surface area (Å²) in [5.74, 6) is 0.225. The lowest BCUT2D eigenvalue weighted by molar-refractivity contribution is 0.0444. The molecule has 1 atom stereocenters. The van der Waals surface area contributed by atoms with Crippen molar-refractivity contribution in [1.82, 2.24) is 9.80 Å². The number of piperidine rings is 2. The van der Waals surface area contributed by atoms with Crippen LogP contribution in [0.4, 0.5) is 13.6 Å². The van der Waals surface area contributed by atoms with Crippen molar-refractivity contribution in [3.8, 4) is 0 Å². The molecule has 7 heteroatoms. The van der Waals surface area contributed by atoms with Crippen LogP contribution in [0.3, 0.4) is 0 Å². The van der Waals surface area contributed by atoms with Crippen LogP contribution in [0.1, 0.15) is 37.7 Å². The average molecular weight is 401 g/mol. The maximum absolute atomic E-state index is 14.2. The van der Waals surface area contributed by atoms with Crippen molar-refractivity contribution in [2.45, 2.75) is 44.7 Å². The number of carbonyl (C=O) groups excluding carboxylic acids is 1. The lowest BCUT2D eigenvalue weighted by Crippen LogP contribution is -2.48. The molecular formula is C20H27ClF2N2O2. The Morgan fingerprint density at radius 2 is 1.96 bits per heavy atom. The standard InChI is InChI=1S/C20H27ClF2N2O2/c21-17-5-4-16(18(23)13-17)14-25-9-2-1-3-19(25)15-6-10-24(11-7-15)20(26)27-12-8-22/h4-5,13,15,19H,1-3,6-12,14H2. The SMILES string of the molecule is O=C(OCCF)N1CCC(C2CCCCN2Cc2ccc(Cl)cc2F)CC1. The number of halogens is 3. The molecule has 1 aromatic carbocycles. The molecule has 2 aliphatic heterocycles. The van der Waals surface area contributed by atoms with Gasteiger partial charge in [-0.25, -0.2) is 13.6 Å². The van der Waals surface area contributed by atoms with Gasteiger partial charge in [0.05, 0.1) is 0 Å². The summed E-state index contributed by atoms with van der Waals surface area (Å²) in [6, 6.07) is 5.28. The van der Waals surface area contributed by atoms with Gasteiger partial charge in [-0.3, -0.25) is 4.90 Å². The fraction of sp³-hybridized carbons (Fsp3) is 0.650. The minimum absolute atomic E-state index is 0.179. The molecule has 150 valence electrons. The van der Waals surface area contributed by atoms with E-state index in [2.05, 4.69) is 4.90 Å². The number of amides is 1. The topological polar surface area (TPSA) is 32.8 Å². The molecule has 0 spiro atoms. The van der Waals surface area contributed by atoms with Gasteiger partial charge in [0.25, 0.3) is 0 Å². The second-order valence-electron chi connectivity index (χ2n) is 7.40. The lowest BCUT2D eigenvalue weighted by Gasteiger charge is -2.43. The fourth-order valence-corrected chi connectivity index (χ4v) is 4.46. The van der Waals surface area contributed by atoms with Crippen LogP contribution >= 0.6 is 11.6 Å². The molecule has 0 N–H and O–H groups in total. The van der Waals surface area contributed by atoms with Crippen LogP contribution in [0.15, 0.2) is 18.2 Å². The molecule has 1 amide bonds. The van der Waals surface area contributed by atoms with Crippen LogP contribution in [0.25, 0.3) is 0 Å². The van der Waals surface area contributed by atoms with Crippen LogP contribution in [0.5, 0.6) is 0 Å². The van der Waals surface area contributed by atoms with E-state index in [-0.39, 0.29) is 12.4 Å². The Morgan fingerprint density at radius 3 is 2.67 bits per heavy atom. The third-order valence-electron chi connectivity index (χ3n) is 5.70. The first-order chi connectivity index (χ1) is 13.1. The highest BCUT2D eigenvalue weighted by atomic mass is 35.5. The summed E-state index contributed by atoms with van der Waals surface area (Å²) < 4.78 is 31.3. The molecule has 3 rings (SSSR count). The highest BCUT2D eigenvalue weighted by Crippen LogP contribution is 2.32. The van der Waals surface area contributed by atoms with Crippen LogP contribution in [-0.4, -0.2) is 54.9 Å². The Labute approximate surface area is 164 Å². The Morgan fingerprint density at radius 1 is 1.19 bits per heavy atom. The van der Waals surface area contributed by atoms with Crippen molar-refractivity contribution in [2.75, 3.05) is 32.9 Å². The van der Waals surface area contributed by atoms with Gasteiger partial charge in [-0.2, -0.15) is 0 Å². The summed E-state index contributed by atoms with van der Waals surface area (Å²) in [6.45, 7) is 1.99. The predicted octanol–water partition coefficient (Wildman–Crippen LogP) is 4.65. The number of carbonyl (C=O) groups is 1. The van der Waals surface area contributed by atoms with Gasteiger partial charge in [-0.1, -0.05) is 24.1 Å². The molecule has 2 fully saturated rings. The third-order valence-corrected chi connectivity index (χ3v) is 5.93. The van der Waals surface area contributed by atoms with Gasteiger partial charge >= 0.3 is 6.09 Å². The molecule has 2 saturated heterocycles. The maximum Gasteiger partial charge on any atom is 0.409 e. The van der Waals surface area contributed by atoms with Gasteiger partial charge in [0.15, 0.2) is 0 Å². The van der Waals surface area contributed by atoms with E-state index in [0.717, 1.165) is 32.2 Å². The summed E-state index contributed by atoms with van der Waals surface area (Å²) in [6.07, 6.45) is 4.79. The van der Waals surface area contributed by atoms with E-state index in [1.807, 2.05) is 0 Å². The highest BCUT2D eigenvalue weighted by molar-refractivity contribution is 6.30. The molecule has 0 saturated carbocycles. The third kappa shape index (κ3) is 5.32. The van der Waals surface area contributed by atoms with Gasteiger partial charge in [0.2, 0.25) is 0 Å². The molecule has 0 bridgehead atoms. The van der Waals surface area contributed by atoms with Crippen molar-refractivity contribution < 1.29 is 18.3 Å². The molecule has 2 heterocycles. The molecule has 0 aromatic heterocycles. The van der Waals surface area contributed by atoms with Gasteiger partial charge in [0, 0.05) is 36.3 Å². The zero-order chi connectivity index (χ0) is 19.2. The van der Waals surface area contributed by atoms with E-state index in [1.54, 1.807) is 17.0 Å². The Bertz CT molecular complexity index is 638. The summed E-state index contributed by atoms with van der Waals surface area (Å²) in [7, 11) is 0. The van der Waals surface area contributed by atoms with Gasteiger partial charge in [0.1, 0.15) is 19.1 Å². The Balaban J connectivity index is 1.58. The average Bonchev–Trinajstić information content (AvgIpc) is 2.69. The van der Waals surface area contributed by atoms with Gasteiger partial charge in [-0.15, -0.1) is 0 Å². The summed E-state index contributed by atoms with van der Waals surface area (Å²) >= 11 is 5.86. The molecule has 1 unspecified atom stereocenters. The number of nitrogens with zero attached hydrogens (tertiary/aromatic N) is 2. The predicted molar refractivity (Wildman–Crippen MR) is 101 cm³/mol. The highest BCUT2D eigenvalue weighted by Gasteiger charge is 2.34. The van der Waals surface area contributed by atoms with Crippen molar-refractivity contribution in [3.05, 3.63) is 34.6 Å². The molecule has 0 radical (unpaired) electrons. The van der Waals surface area contributed by atoms with E-state index >= 15 is 0 Å². The van der Waals surface area contributed by atoms with Crippen LogP contribution in [0, 0.1) is 11.7 Å². The monoisotopic (exact) mass is 400 g/mol. The molecule has 0 aliphatic carbocycles. The first kappa shape index (κ1) is 20.3. The number of benzene rings is 1. The van der Waals surface area contributed by atoms with Crippen LogP contribution < -0.4 is 0 Å². The largest absolute Gasteiger partial charge is 0.447 e. The normalized spacial score (nSPS) is 22.0. The number of alkyl halides is 1. The van der Waals surface area contributed by atoms with Gasteiger partial charge in [-0.05, 0) is 50.3 Å². The number of ether oxygens (including phenoxy) is 1. The Kier molecular flexibility index (Phi) is 7.30. The molecule has 27 heavy (non-hydrogen) atoms. The van der Waals surface area contributed by atoms with E-state index in [9.17, 15) is 13.6 Å². The van der Waals surface area contributed by atoms with Crippen molar-refractivity contribution in [2.24, 2.45) is 5.92 Å². The maximum atomic E-state index is 14.2. The first-order valence-corrected chi connectivity index (χ1v) is 10.1. The summed E-state index contributed by atoms with van der Waals surface area (Å²) in [4.78, 5) is 15.9. The smallest absolute Gasteiger partial charge is 0.409 e. The van der Waals surface area contributed by atoms with Crippen LogP contribution in [-0.2, 0) is 11.3 Å². The van der Waals surface area contributed by atoms with Crippen molar-refractivity contribution in [1.29, 1.82) is 0 Å². The lowest BCUT2D eigenvalue weighted by atomic mass is 9.83. The number of hydrogen-bond acceptors (Lipinski definition) is 3. The number of likely N-dealkylation sites (tertiary alicyclic amines) is 2. The summed E-state index contributed by atoms with van der Waals surface area (Å²) in [5.41, 5.74) is 0.679. The van der Waals surface area contributed by atoms with E-state index in [0.29, 0.717) is 42.2 Å². The second-order valence-corrected chi connectivity index (χ2v) is 7.83. The molecule has 1 aromatic rings. The Hall–Kier alpha value is -1.40. The summed E-state index contributed by atoms with van der Waals surface area (Å²) in [5, 5.41) is 0.415. The minimum atomic E-state index is -0.652. The van der Waals surface area contributed by atoms with Crippen molar-refractivity contribution in [3.63, 3.8) is 0 Å². The second kappa shape index (κ2) is 9.69. The quantitative estimate of drug-likeness (QED) is 0.721. The fourth-order valence-electron chi connectivity index (χ4n) is 4.30. The van der Waals surface area contributed by atoms with E-state index in [1.165, 1.54) is 12.5 Å². The number of hydrogen-bond donors (Lipinski definition) is 0. The minimum Gasteiger partial charge on any atom is -0.447 e. The van der Waals surface area contributed by atoms with E-state index in [4.69, 9.17) is 16.3 Å².